The summed E-state index contributed by atoms with van der Waals surface area (Å²) in [5.41, 5.74) is 0. The van der Waals surface area contributed by atoms with Crippen molar-refractivity contribution in [1.29, 1.82) is 0 Å². The van der Waals surface area contributed by atoms with Gasteiger partial charge in [0.1, 0.15) is 0 Å². The number of hydrogen-bond donors (Lipinski definition) is 2. The van der Waals surface area contributed by atoms with E-state index in [4.69, 9.17) is 4.74 Å². The van der Waals surface area contributed by atoms with Crippen LogP contribution in [-0.4, -0.2) is 62.8 Å². The predicted octanol–water partition coefficient (Wildman–Crippen LogP) is 0.602. The van der Waals surface area contributed by atoms with Crippen LogP contribution in [0.25, 0.3) is 0 Å². The van der Waals surface area contributed by atoms with Crippen molar-refractivity contribution < 1.29 is 9.53 Å². The lowest BCUT2D eigenvalue weighted by atomic mass is 10.1. The average molecular weight is 271 g/mol. The van der Waals surface area contributed by atoms with Gasteiger partial charge in [0.2, 0.25) is 5.91 Å². The molecule has 5 heteroatoms. The molecule has 1 aliphatic heterocycles. The van der Waals surface area contributed by atoms with Crippen LogP contribution in [0.3, 0.4) is 0 Å². The van der Waals surface area contributed by atoms with E-state index in [0.717, 1.165) is 38.9 Å². The zero-order valence-electron chi connectivity index (χ0n) is 12.6. The Hall–Kier alpha value is -0.650. The lowest BCUT2D eigenvalue weighted by Crippen LogP contribution is -2.50. The molecule has 0 aromatic rings. The summed E-state index contributed by atoms with van der Waals surface area (Å²) >= 11 is 0. The lowest BCUT2D eigenvalue weighted by molar-refractivity contribution is -0.126. The number of nitrogens with zero attached hydrogens (tertiary/aromatic N) is 1. The van der Waals surface area contributed by atoms with E-state index >= 15 is 0 Å². The highest BCUT2D eigenvalue weighted by molar-refractivity contribution is 5.81. The lowest BCUT2D eigenvalue weighted by Gasteiger charge is -2.33. The van der Waals surface area contributed by atoms with Crippen LogP contribution < -0.4 is 10.6 Å². The van der Waals surface area contributed by atoms with E-state index in [1.165, 1.54) is 0 Å². The van der Waals surface area contributed by atoms with Crippen LogP contribution >= 0.6 is 0 Å². The van der Waals surface area contributed by atoms with Gasteiger partial charge >= 0.3 is 0 Å². The number of carbonyl (C=O) groups excluding carboxylic acids is 1. The van der Waals surface area contributed by atoms with Crippen molar-refractivity contribution in [3.63, 3.8) is 0 Å². The van der Waals surface area contributed by atoms with E-state index in [1.54, 1.807) is 7.11 Å². The molecular formula is C14H29N3O2. The second-order valence-corrected chi connectivity index (χ2v) is 5.20. The van der Waals surface area contributed by atoms with E-state index in [-0.39, 0.29) is 11.9 Å². The molecule has 112 valence electrons. The molecule has 1 rings (SSSR count). The zero-order valence-corrected chi connectivity index (χ0v) is 12.6. The molecule has 0 bridgehead atoms. The first kappa shape index (κ1) is 16.4. The Balaban J connectivity index is 2.40. The van der Waals surface area contributed by atoms with Crippen LogP contribution in [0.5, 0.6) is 0 Å². The largest absolute Gasteiger partial charge is 0.385 e. The van der Waals surface area contributed by atoms with Gasteiger partial charge in [0.05, 0.1) is 6.04 Å². The molecule has 0 radical (unpaired) electrons. The van der Waals surface area contributed by atoms with E-state index in [2.05, 4.69) is 22.5 Å². The van der Waals surface area contributed by atoms with Crippen molar-refractivity contribution in [2.24, 2.45) is 0 Å². The molecule has 1 heterocycles. The highest BCUT2D eigenvalue weighted by atomic mass is 16.5. The third-order valence-electron chi connectivity index (χ3n) is 3.69. The number of hydrogen-bond acceptors (Lipinski definition) is 4. The van der Waals surface area contributed by atoms with Crippen LogP contribution in [-0.2, 0) is 9.53 Å². The molecule has 2 atom stereocenters. The number of amides is 1. The minimum atomic E-state index is -0.0487. The first-order valence-corrected chi connectivity index (χ1v) is 7.43. The van der Waals surface area contributed by atoms with Crippen LogP contribution in [0.2, 0.25) is 0 Å². The van der Waals surface area contributed by atoms with Crippen molar-refractivity contribution in [2.75, 3.05) is 39.9 Å². The molecule has 5 nitrogen and oxygen atoms in total. The summed E-state index contributed by atoms with van der Waals surface area (Å²) < 4.78 is 4.98. The van der Waals surface area contributed by atoms with Crippen molar-refractivity contribution in [2.45, 2.75) is 45.2 Å². The minimum absolute atomic E-state index is 0.0487. The van der Waals surface area contributed by atoms with Gasteiger partial charge in [-0.25, -0.2) is 0 Å². The second kappa shape index (κ2) is 9.28. The quantitative estimate of drug-likeness (QED) is 0.603. The standard InChI is InChI=1S/C14H29N3O2/c1-4-9-17(13-6-8-15-11-13)12(2)14(18)16-7-5-10-19-3/h12-13,15H,4-11H2,1-3H3,(H,16,18). The van der Waals surface area contributed by atoms with Gasteiger partial charge < -0.3 is 15.4 Å². The number of nitrogens with one attached hydrogen (secondary N) is 2. The maximum atomic E-state index is 12.2. The van der Waals surface area contributed by atoms with Gasteiger partial charge in [-0.3, -0.25) is 9.69 Å². The highest BCUT2D eigenvalue weighted by Crippen LogP contribution is 2.13. The summed E-state index contributed by atoms with van der Waals surface area (Å²) in [6.45, 7) is 8.62. The second-order valence-electron chi connectivity index (χ2n) is 5.20. The molecule has 0 saturated carbocycles. The molecule has 2 N–H and O–H groups in total. The van der Waals surface area contributed by atoms with Gasteiger partial charge in [-0.2, -0.15) is 0 Å². The van der Waals surface area contributed by atoms with E-state index < -0.39 is 0 Å². The van der Waals surface area contributed by atoms with Gasteiger partial charge in [0, 0.05) is 32.8 Å². The molecule has 1 saturated heterocycles. The summed E-state index contributed by atoms with van der Waals surface area (Å²) in [4.78, 5) is 14.5. The Bertz CT molecular complexity index is 255. The third kappa shape index (κ3) is 5.47. The highest BCUT2D eigenvalue weighted by Gasteiger charge is 2.29. The summed E-state index contributed by atoms with van der Waals surface area (Å²) in [5.74, 6) is 0.136. The van der Waals surface area contributed by atoms with Gasteiger partial charge in [0.25, 0.3) is 0 Å². The first-order valence-electron chi connectivity index (χ1n) is 7.43. The predicted molar refractivity (Wildman–Crippen MR) is 77.2 cm³/mol. The molecule has 1 aliphatic rings. The Labute approximate surface area is 117 Å². The summed E-state index contributed by atoms with van der Waals surface area (Å²) in [7, 11) is 1.68. The molecule has 0 aliphatic carbocycles. The van der Waals surface area contributed by atoms with Gasteiger partial charge in [0.15, 0.2) is 0 Å². The molecule has 1 fully saturated rings. The van der Waals surface area contributed by atoms with Gasteiger partial charge in [-0.05, 0) is 39.3 Å². The fourth-order valence-corrected chi connectivity index (χ4v) is 2.60. The van der Waals surface area contributed by atoms with E-state index in [1.807, 2.05) is 6.92 Å². The van der Waals surface area contributed by atoms with Gasteiger partial charge in [-0.1, -0.05) is 6.92 Å². The normalized spacial score (nSPS) is 20.7. The smallest absolute Gasteiger partial charge is 0.237 e. The summed E-state index contributed by atoms with van der Waals surface area (Å²) in [5, 5.41) is 6.37. The number of carbonyl (C=O) groups is 1. The maximum absolute atomic E-state index is 12.2. The zero-order chi connectivity index (χ0) is 14.1. The fraction of sp³-hybridized carbons (Fsp3) is 0.929. The van der Waals surface area contributed by atoms with E-state index in [0.29, 0.717) is 19.2 Å². The maximum Gasteiger partial charge on any atom is 0.237 e. The molecule has 0 spiro atoms. The van der Waals surface area contributed by atoms with Crippen LogP contribution in [0.1, 0.15) is 33.1 Å². The minimum Gasteiger partial charge on any atom is -0.385 e. The monoisotopic (exact) mass is 271 g/mol. The molecule has 19 heavy (non-hydrogen) atoms. The van der Waals surface area contributed by atoms with Crippen molar-refractivity contribution in [1.82, 2.24) is 15.5 Å². The SMILES string of the molecule is CCCN(C1CCNC1)C(C)C(=O)NCCCOC. The molecule has 0 aromatic heterocycles. The summed E-state index contributed by atoms with van der Waals surface area (Å²) in [6.07, 6.45) is 3.09. The average Bonchev–Trinajstić information content (AvgIpc) is 2.93. The van der Waals surface area contributed by atoms with E-state index in [9.17, 15) is 4.79 Å². The number of rotatable bonds is 9. The van der Waals surface area contributed by atoms with Gasteiger partial charge in [-0.15, -0.1) is 0 Å². The molecular weight excluding hydrogens is 242 g/mol. The molecule has 2 unspecified atom stereocenters. The van der Waals surface area contributed by atoms with Crippen molar-refractivity contribution in [3.05, 3.63) is 0 Å². The van der Waals surface area contributed by atoms with Crippen LogP contribution in [0.4, 0.5) is 0 Å². The van der Waals surface area contributed by atoms with Crippen LogP contribution in [0.15, 0.2) is 0 Å². The van der Waals surface area contributed by atoms with Crippen molar-refractivity contribution >= 4 is 5.91 Å². The first-order chi connectivity index (χ1) is 9.20. The summed E-state index contributed by atoms with van der Waals surface area (Å²) in [6, 6.07) is 0.451. The Kier molecular flexibility index (Phi) is 8.02. The number of ether oxygens (including phenoxy) is 1. The topological polar surface area (TPSA) is 53.6 Å². The number of methoxy groups -OCH3 is 1. The van der Waals surface area contributed by atoms with Crippen LogP contribution in [0, 0.1) is 0 Å². The molecule has 1 amide bonds. The molecule has 0 aromatic carbocycles. The van der Waals surface area contributed by atoms with Crippen molar-refractivity contribution in [3.8, 4) is 0 Å². The Morgan fingerprint density at radius 1 is 1.58 bits per heavy atom. The Morgan fingerprint density at radius 3 is 2.95 bits per heavy atom. The third-order valence-corrected chi connectivity index (χ3v) is 3.69. The Morgan fingerprint density at radius 2 is 2.37 bits per heavy atom. The fourth-order valence-electron chi connectivity index (χ4n) is 2.60.